The smallest absolute Gasteiger partial charge is 0.146 e. The average Bonchev–Trinajstić information content (AvgIpc) is 2.20. The van der Waals surface area contributed by atoms with E-state index in [-0.39, 0.29) is 5.82 Å². The van der Waals surface area contributed by atoms with Crippen molar-refractivity contribution in [3.63, 3.8) is 0 Å². The standard InChI is InChI=1S/C12H12FN3/c1-8-7-12(15-9(2)14-8)16-11-6-4-3-5-10(11)13/h3-7H,1-2H3,(H,14,15,16). The molecular formula is C12H12FN3. The minimum absolute atomic E-state index is 0.295. The number of aromatic nitrogens is 2. The topological polar surface area (TPSA) is 37.8 Å². The second-order valence-corrected chi connectivity index (χ2v) is 3.55. The summed E-state index contributed by atoms with van der Waals surface area (Å²) in [6.45, 7) is 3.68. The molecule has 3 nitrogen and oxygen atoms in total. The van der Waals surface area contributed by atoms with Gasteiger partial charge in [0.1, 0.15) is 17.5 Å². The Morgan fingerprint density at radius 3 is 2.56 bits per heavy atom. The predicted molar refractivity (Wildman–Crippen MR) is 61.2 cm³/mol. The van der Waals surface area contributed by atoms with Gasteiger partial charge >= 0.3 is 0 Å². The fourth-order valence-corrected chi connectivity index (χ4v) is 1.48. The van der Waals surface area contributed by atoms with Gasteiger partial charge in [-0.3, -0.25) is 0 Å². The van der Waals surface area contributed by atoms with Crippen LogP contribution in [-0.2, 0) is 0 Å². The van der Waals surface area contributed by atoms with Gasteiger partial charge in [0.15, 0.2) is 0 Å². The number of rotatable bonds is 2. The highest BCUT2D eigenvalue weighted by molar-refractivity contribution is 5.56. The van der Waals surface area contributed by atoms with Crippen LogP contribution < -0.4 is 5.32 Å². The maximum atomic E-state index is 13.4. The van der Waals surface area contributed by atoms with Gasteiger partial charge in [0, 0.05) is 11.8 Å². The fourth-order valence-electron chi connectivity index (χ4n) is 1.48. The van der Waals surface area contributed by atoms with Crippen LogP contribution in [0.4, 0.5) is 15.9 Å². The molecule has 16 heavy (non-hydrogen) atoms. The van der Waals surface area contributed by atoms with E-state index in [2.05, 4.69) is 15.3 Å². The van der Waals surface area contributed by atoms with Crippen molar-refractivity contribution in [2.45, 2.75) is 13.8 Å². The third kappa shape index (κ3) is 2.34. The van der Waals surface area contributed by atoms with E-state index in [0.717, 1.165) is 5.69 Å². The van der Waals surface area contributed by atoms with Crippen molar-refractivity contribution in [3.05, 3.63) is 47.7 Å². The molecule has 2 aromatic rings. The number of anilines is 2. The van der Waals surface area contributed by atoms with E-state index in [1.54, 1.807) is 31.2 Å². The number of hydrogen-bond acceptors (Lipinski definition) is 3. The molecule has 0 spiro atoms. The van der Waals surface area contributed by atoms with E-state index < -0.39 is 0 Å². The lowest BCUT2D eigenvalue weighted by atomic mass is 10.3. The van der Waals surface area contributed by atoms with Crippen LogP contribution in [0.1, 0.15) is 11.5 Å². The SMILES string of the molecule is Cc1cc(Nc2ccccc2F)nc(C)n1. The lowest BCUT2D eigenvalue weighted by Crippen LogP contribution is -1.99. The van der Waals surface area contributed by atoms with Crippen LogP contribution in [0.25, 0.3) is 0 Å². The first-order chi connectivity index (χ1) is 7.65. The summed E-state index contributed by atoms with van der Waals surface area (Å²) in [5.74, 6) is 0.977. The van der Waals surface area contributed by atoms with Gasteiger partial charge in [-0.05, 0) is 26.0 Å². The number of nitrogens with zero attached hydrogens (tertiary/aromatic N) is 2. The molecule has 1 heterocycles. The van der Waals surface area contributed by atoms with Crippen LogP contribution in [0.15, 0.2) is 30.3 Å². The van der Waals surface area contributed by atoms with Gasteiger partial charge in [0.2, 0.25) is 0 Å². The Morgan fingerprint density at radius 2 is 1.88 bits per heavy atom. The predicted octanol–water partition coefficient (Wildman–Crippen LogP) is 2.98. The summed E-state index contributed by atoms with van der Waals surface area (Å²) >= 11 is 0. The zero-order valence-corrected chi connectivity index (χ0v) is 9.16. The molecule has 0 atom stereocenters. The molecule has 0 aliphatic carbocycles. The van der Waals surface area contributed by atoms with Gasteiger partial charge in [0.25, 0.3) is 0 Å². The molecule has 1 aromatic heterocycles. The number of aryl methyl sites for hydroxylation is 2. The van der Waals surface area contributed by atoms with Crippen LogP contribution in [0.5, 0.6) is 0 Å². The molecule has 0 amide bonds. The van der Waals surface area contributed by atoms with E-state index >= 15 is 0 Å². The molecule has 0 saturated carbocycles. The number of benzene rings is 1. The highest BCUT2D eigenvalue weighted by Crippen LogP contribution is 2.18. The highest BCUT2D eigenvalue weighted by atomic mass is 19.1. The number of halogens is 1. The van der Waals surface area contributed by atoms with E-state index in [1.807, 2.05) is 6.92 Å². The van der Waals surface area contributed by atoms with Crippen molar-refractivity contribution in [2.75, 3.05) is 5.32 Å². The summed E-state index contributed by atoms with van der Waals surface area (Å²) in [5, 5.41) is 2.93. The minimum Gasteiger partial charge on any atom is -0.338 e. The molecule has 0 bridgehead atoms. The zero-order chi connectivity index (χ0) is 11.5. The minimum atomic E-state index is -0.295. The van der Waals surface area contributed by atoms with Crippen LogP contribution in [0.3, 0.4) is 0 Å². The average molecular weight is 217 g/mol. The number of nitrogens with one attached hydrogen (secondary N) is 1. The summed E-state index contributed by atoms with van der Waals surface area (Å²) in [7, 11) is 0. The van der Waals surface area contributed by atoms with Crippen molar-refractivity contribution in [1.29, 1.82) is 0 Å². The van der Waals surface area contributed by atoms with Gasteiger partial charge < -0.3 is 5.32 Å². The van der Waals surface area contributed by atoms with Gasteiger partial charge in [-0.25, -0.2) is 14.4 Å². The molecule has 0 unspecified atom stereocenters. The Balaban J connectivity index is 2.30. The molecule has 1 aromatic carbocycles. The van der Waals surface area contributed by atoms with Crippen LogP contribution >= 0.6 is 0 Å². The molecule has 2 rings (SSSR count). The van der Waals surface area contributed by atoms with Gasteiger partial charge in [-0.2, -0.15) is 0 Å². The first kappa shape index (κ1) is 10.5. The number of para-hydroxylation sites is 1. The molecule has 0 fully saturated rings. The molecule has 0 aliphatic heterocycles. The quantitative estimate of drug-likeness (QED) is 0.840. The van der Waals surface area contributed by atoms with Crippen molar-refractivity contribution in [3.8, 4) is 0 Å². The number of hydrogen-bond donors (Lipinski definition) is 1. The molecule has 0 radical (unpaired) electrons. The van der Waals surface area contributed by atoms with Crippen LogP contribution in [-0.4, -0.2) is 9.97 Å². The maximum Gasteiger partial charge on any atom is 0.146 e. The Bertz CT molecular complexity index is 491. The van der Waals surface area contributed by atoms with Crippen LogP contribution in [0.2, 0.25) is 0 Å². The van der Waals surface area contributed by atoms with Crippen molar-refractivity contribution >= 4 is 11.5 Å². The van der Waals surface area contributed by atoms with Crippen molar-refractivity contribution < 1.29 is 4.39 Å². The molecule has 0 saturated heterocycles. The first-order valence-corrected chi connectivity index (χ1v) is 4.99. The normalized spacial score (nSPS) is 10.2. The van der Waals surface area contributed by atoms with E-state index in [1.165, 1.54) is 6.07 Å². The van der Waals surface area contributed by atoms with Crippen LogP contribution in [0, 0.1) is 19.7 Å². The van der Waals surface area contributed by atoms with Gasteiger partial charge in [-0.15, -0.1) is 0 Å². The lowest BCUT2D eigenvalue weighted by molar-refractivity contribution is 0.632. The Morgan fingerprint density at radius 1 is 1.12 bits per heavy atom. The maximum absolute atomic E-state index is 13.4. The van der Waals surface area contributed by atoms with Gasteiger partial charge in [-0.1, -0.05) is 12.1 Å². The monoisotopic (exact) mass is 217 g/mol. The lowest BCUT2D eigenvalue weighted by Gasteiger charge is -2.07. The summed E-state index contributed by atoms with van der Waals surface area (Å²) in [4.78, 5) is 8.33. The summed E-state index contributed by atoms with van der Waals surface area (Å²) in [6.07, 6.45) is 0. The summed E-state index contributed by atoms with van der Waals surface area (Å²) in [5.41, 5.74) is 1.27. The molecule has 1 N–H and O–H groups in total. The van der Waals surface area contributed by atoms with E-state index in [0.29, 0.717) is 17.3 Å². The highest BCUT2D eigenvalue weighted by Gasteiger charge is 2.03. The Labute approximate surface area is 93.4 Å². The molecule has 4 heteroatoms. The fraction of sp³-hybridized carbons (Fsp3) is 0.167. The summed E-state index contributed by atoms with van der Waals surface area (Å²) in [6, 6.07) is 8.27. The summed E-state index contributed by atoms with van der Waals surface area (Å²) < 4.78 is 13.4. The zero-order valence-electron chi connectivity index (χ0n) is 9.16. The van der Waals surface area contributed by atoms with E-state index in [9.17, 15) is 4.39 Å². The Hall–Kier alpha value is -1.97. The van der Waals surface area contributed by atoms with E-state index in [4.69, 9.17) is 0 Å². The second kappa shape index (κ2) is 4.26. The second-order valence-electron chi connectivity index (χ2n) is 3.55. The third-order valence-electron chi connectivity index (χ3n) is 2.10. The molecule has 82 valence electrons. The molecular weight excluding hydrogens is 205 g/mol. The van der Waals surface area contributed by atoms with Gasteiger partial charge in [0.05, 0.1) is 5.69 Å². The third-order valence-corrected chi connectivity index (χ3v) is 2.10. The Kier molecular flexibility index (Phi) is 2.81. The molecule has 0 aliphatic rings. The van der Waals surface area contributed by atoms with Crippen molar-refractivity contribution in [1.82, 2.24) is 9.97 Å². The largest absolute Gasteiger partial charge is 0.338 e. The van der Waals surface area contributed by atoms with Crippen molar-refractivity contribution in [2.24, 2.45) is 0 Å². The first-order valence-electron chi connectivity index (χ1n) is 4.99.